The van der Waals surface area contributed by atoms with Gasteiger partial charge in [-0.3, -0.25) is 9.59 Å². The molecule has 1 N–H and O–H groups in total. The summed E-state index contributed by atoms with van der Waals surface area (Å²) in [7, 11) is 0. The highest BCUT2D eigenvalue weighted by atomic mass is 19.4. The van der Waals surface area contributed by atoms with Crippen molar-refractivity contribution in [2.45, 2.75) is 25.1 Å². The van der Waals surface area contributed by atoms with Crippen molar-refractivity contribution < 1.29 is 22.8 Å². The molecule has 1 aliphatic rings. The molecule has 160 valence electrons. The van der Waals surface area contributed by atoms with Gasteiger partial charge >= 0.3 is 6.18 Å². The third kappa shape index (κ3) is 4.55. The third-order valence-electron chi connectivity index (χ3n) is 5.61. The Kier molecular flexibility index (Phi) is 5.67. The Balaban J connectivity index is 1.36. The minimum Gasteiger partial charge on any atom is -0.349 e. The number of carbonyl (C=O) groups excluding carboxylic acids is 2. The largest absolute Gasteiger partial charge is 0.416 e. The smallest absolute Gasteiger partial charge is 0.349 e. The van der Waals surface area contributed by atoms with Crippen LogP contribution in [0, 0.1) is 0 Å². The molecule has 0 aliphatic carbocycles. The van der Waals surface area contributed by atoms with Crippen molar-refractivity contribution in [1.82, 2.24) is 10.2 Å². The number of rotatable bonds is 3. The highest BCUT2D eigenvalue weighted by Crippen LogP contribution is 2.29. The molecule has 1 fully saturated rings. The zero-order valence-electron chi connectivity index (χ0n) is 16.7. The predicted molar refractivity (Wildman–Crippen MR) is 112 cm³/mol. The van der Waals surface area contributed by atoms with Gasteiger partial charge in [-0.15, -0.1) is 0 Å². The number of fused-ring (bicyclic) bond motifs is 1. The first-order valence-corrected chi connectivity index (χ1v) is 10.1. The van der Waals surface area contributed by atoms with E-state index in [1.165, 1.54) is 12.1 Å². The molecule has 31 heavy (non-hydrogen) atoms. The highest BCUT2D eigenvalue weighted by molar-refractivity contribution is 6.07. The van der Waals surface area contributed by atoms with E-state index in [1.54, 1.807) is 11.0 Å². The first-order chi connectivity index (χ1) is 14.8. The lowest BCUT2D eigenvalue weighted by molar-refractivity contribution is -0.137. The van der Waals surface area contributed by atoms with E-state index in [4.69, 9.17) is 0 Å². The van der Waals surface area contributed by atoms with Crippen molar-refractivity contribution in [3.8, 4) is 0 Å². The van der Waals surface area contributed by atoms with Gasteiger partial charge in [0.15, 0.2) is 0 Å². The molecular formula is C24H21F3N2O2. The molecule has 0 unspecified atom stereocenters. The standard InChI is InChI=1S/C24H21F3N2O2/c25-24(26,27)18-10-8-17(9-11-18)23(31)29-14-12-19(13-15-29)28-22(30)21-7-3-5-16-4-1-2-6-20(16)21/h1-11,19H,12-15H2,(H,28,30). The summed E-state index contributed by atoms with van der Waals surface area (Å²) in [6.07, 6.45) is -3.26. The van der Waals surface area contributed by atoms with Crippen molar-refractivity contribution in [3.63, 3.8) is 0 Å². The summed E-state index contributed by atoms with van der Waals surface area (Å²) in [5, 5.41) is 4.93. The molecular weight excluding hydrogens is 405 g/mol. The Bertz CT molecular complexity index is 1100. The summed E-state index contributed by atoms with van der Waals surface area (Å²) in [6.45, 7) is 0.862. The maximum Gasteiger partial charge on any atom is 0.416 e. The van der Waals surface area contributed by atoms with Crippen LogP contribution < -0.4 is 5.32 Å². The van der Waals surface area contributed by atoms with Gasteiger partial charge in [0.2, 0.25) is 0 Å². The number of benzene rings is 3. The first-order valence-electron chi connectivity index (χ1n) is 10.1. The Hall–Kier alpha value is -3.35. The van der Waals surface area contributed by atoms with Gasteiger partial charge in [-0.1, -0.05) is 36.4 Å². The second-order valence-corrected chi connectivity index (χ2v) is 7.64. The molecule has 3 aromatic rings. The molecule has 1 heterocycles. The molecule has 0 aromatic heterocycles. The van der Waals surface area contributed by atoms with Gasteiger partial charge < -0.3 is 10.2 Å². The summed E-state index contributed by atoms with van der Waals surface area (Å²) in [5.74, 6) is -0.447. The van der Waals surface area contributed by atoms with Gasteiger partial charge in [-0.05, 0) is 53.9 Å². The Morgan fingerprint density at radius 1 is 0.871 bits per heavy atom. The van der Waals surface area contributed by atoms with Gasteiger partial charge in [-0.2, -0.15) is 13.2 Å². The first kappa shape index (κ1) is 20.9. The van der Waals surface area contributed by atoms with Crippen LogP contribution in [0.25, 0.3) is 10.8 Å². The number of likely N-dealkylation sites (tertiary alicyclic amines) is 1. The maximum absolute atomic E-state index is 12.8. The molecule has 4 rings (SSSR count). The predicted octanol–water partition coefficient (Wildman–Crippen LogP) is 4.89. The van der Waals surface area contributed by atoms with Gasteiger partial charge in [0.05, 0.1) is 5.56 Å². The number of alkyl halides is 3. The molecule has 0 radical (unpaired) electrons. The van der Waals surface area contributed by atoms with Crippen LogP contribution in [0.2, 0.25) is 0 Å². The average molecular weight is 426 g/mol. The van der Waals surface area contributed by atoms with E-state index in [1.807, 2.05) is 36.4 Å². The molecule has 1 saturated heterocycles. The van der Waals surface area contributed by atoms with Gasteiger partial charge in [0.25, 0.3) is 11.8 Å². The monoisotopic (exact) mass is 426 g/mol. The number of halogens is 3. The van der Waals surface area contributed by atoms with E-state index in [0.29, 0.717) is 31.5 Å². The average Bonchev–Trinajstić information content (AvgIpc) is 2.78. The van der Waals surface area contributed by atoms with Gasteiger partial charge in [0, 0.05) is 30.3 Å². The summed E-state index contributed by atoms with van der Waals surface area (Å²) >= 11 is 0. The lowest BCUT2D eigenvalue weighted by atomic mass is 10.0. The molecule has 0 bridgehead atoms. The summed E-state index contributed by atoms with van der Waals surface area (Å²) in [6, 6.07) is 17.5. The van der Waals surface area contributed by atoms with Crippen LogP contribution in [-0.2, 0) is 6.18 Å². The molecule has 2 amide bonds. The number of carbonyl (C=O) groups is 2. The zero-order valence-corrected chi connectivity index (χ0v) is 16.7. The number of hydrogen-bond donors (Lipinski definition) is 1. The molecule has 7 heteroatoms. The van der Waals surface area contributed by atoms with Crippen molar-refractivity contribution in [3.05, 3.63) is 83.4 Å². The molecule has 0 spiro atoms. The second kappa shape index (κ2) is 8.41. The minimum atomic E-state index is -4.43. The summed E-state index contributed by atoms with van der Waals surface area (Å²) in [4.78, 5) is 27.0. The molecule has 3 aromatic carbocycles. The molecule has 0 saturated carbocycles. The van der Waals surface area contributed by atoms with E-state index < -0.39 is 11.7 Å². The molecule has 1 aliphatic heterocycles. The van der Waals surface area contributed by atoms with Crippen molar-refractivity contribution in [2.24, 2.45) is 0 Å². The van der Waals surface area contributed by atoms with Crippen LogP contribution in [0.15, 0.2) is 66.7 Å². The highest BCUT2D eigenvalue weighted by Gasteiger charge is 2.31. The van der Waals surface area contributed by atoms with Crippen molar-refractivity contribution in [2.75, 3.05) is 13.1 Å². The Morgan fingerprint density at radius 2 is 1.52 bits per heavy atom. The van der Waals surface area contributed by atoms with E-state index in [-0.39, 0.29) is 23.4 Å². The second-order valence-electron chi connectivity index (χ2n) is 7.64. The van der Waals surface area contributed by atoms with Crippen LogP contribution in [0.4, 0.5) is 13.2 Å². The van der Waals surface area contributed by atoms with Gasteiger partial charge in [0.1, 0.15) is 0 Å². The van der Waals surface area contributed by atoms with Crippen LogP contribution in [0.5, 0.6) is 0 Å². The normalized spacial score (nSPS) is 15.1. The van der Waals surface area contributed by atoms with Gasteiger partial charge in [-0.25, -0.2) is 0 Å². The Morgan fingerprint density at radius 3 is 2.19 bits per heavy atom. The number of nitrogens with one attached hydrogen (secondary N) is 1. The number of piperidine rings is 1. The lowest BCUT2D eigenvalue weighted by Gasteiger charge is -2.32. The van der Waals surface area contributed by atoms with Crippen LogP contribution >= 0.6 is 0 Å². The van der Waals surface area contributed by atoms with Crippen molar-refractivity contribution in [1.29, 1.82) is 0 Å². The Labute approximate surface area is 177 Å². The number of hydrogen-bond acceptors (Lipinski definition) is 2. The SMILES string of the molecule is O=C(NC1CCN(C(=O)c2ccc(C(F)(F)F)cc2)CC1)c1cccc2ccccc12. The third-order valence-corrected chi connectivity index (χ3v) is 5.61. The fourth-order valence-electron chi connectivity index (χ4n) is 3.90. The lowest BCUT2D eigenvalue weighted by Crippen LogP contribution is -2.46. The zero-order chi connectivity index (χ0) is 22.0. The van der Waals surface area contributed by atoms with E-state index in [9.17, 15) is 22.8 Å². The maximum atomic E-state index is 12.8. The molecule has 4 nitrogen and oxygen atoms in total. The molecule has 0 atom stereocenters. The number of nitrogens with zero attached hydrogens (tertiary/aromatic N) is 1. The number of amides is 2. The van der Waals surface area contributed by atoms with Crippen molar-refractivity contribution >= 4 is 22.6 Å². The summed E-state index contributed by atoms with van der Waals surface area (Å²) in [5.41, 5.74) is 0.0616. The van der Waals surface area contributed by atoms with Crippen LogP contribution in [-0.4, -0.2) is 35.8 Å². The van der Waals surface area contributed by atoms with E-state index in [0.717, 1.165) is 22.9 Å². The summed E-state index contributed by atoms with van der Waals surface area (Å²) < 4.78 is 38.1. The minimum absolute atomic E-state index is 0.0666. The fourth-order valence-corrected chi connectivity index (χ4v) is 3.90. The topological polar surface area (TPSA) is 49.4 Å². The quantitative estimate of drug-likeness (QED) is 0.648. The van der Waals surface area contributed by atoms with E-state index in [2.05, 4.69) is 5.32 Å². The van der Waals surface area contributed by atoms with Crippen LogP contribution in [0.3, 0.4) is 0 Å². The van der Waals surface area contributed by atoms with E-state index >= 15 is 0 Å². The van der Waals surface area contributed by atoms with Crippen LogP contribution in [0.1, 0.15) is 39.1 Å². The fraction of sp³-hybridized carbons (Fsp3) is 0.250.